The van der Waals surface area contributed by atoms with Gasteiger partial charge in [-0.2, -0.15) is 0 Å². The highest BCUT2D eigenvalue weighted by Crippen LogP contribution is 2.39. The second-order valence-corrected chi connectivity index (χ2v) is 7.00. The Bertz CT molecular complexity index is 427. The summed E-state index contributed by atoms with van der Waals surface area (Å²) in [5.74, 6) is 1.61. The summed E-state index contributed by atoms with van der Waals surface area (Å²) >= 11 is 0. The molecule has 0 heterocycles. The van der Waals surface area contributed by atoms with Crippen molar-refractivity contribution in [3.05, 3.63) is 24.3 Å². The number of rotatable bonds is 6. The normalized spacial score (nSPS) is 24.6. The van der Waals surface area contributed by atoms with Crippen LogP contribution in [0.2, 0.25) is 0 Å². The topological polar surface area (TPSA) is 30.5 Å². The first-order valence-corrected chi connectivity index (χ1v) is 7.98. The molecule has 1 aromatic carbocycles. The monoisotopic (exact) mass is 291 g/mol. The Balaban J connectivity index is 1.86. The molecule has 0 amide bonds. The lowest BCUT2D eigenvalue weighted by atomic mass is 9.70. The molecule has 1 saturated carbocycles. The first-order chi connectivity index (χ1) is 10.00. The largest absolute Gasteiger partial charge is 0.491 e. The van der Waals surface area contributed by atoms with Gasteiger partial charge in [-0.1, -0.05) is 20.8 Å². The van der Waals surface area contributed by atoms with Gasteiger partial charge in [-0.05, 0) is 54.9 Å². The fourth-order valence-corrected chi connectivity index (χ4v) is 3.27. The van der Waals surface area contributed by atoms with Crippen LogP contribution in [0.3, 0.4) is 0 Å². The van der Waals surface area contributed by atoms with Gasteiger partial charge in [-0.15, -0.1) is 0 Å². The molecule has 1 aromatic rings. The van der Waals surface area contributed by atoms with Crippen molar-refractivity contribution in [2.75, 3.05) is 25.6 Å². The van der Waals surface area contributed by atoms with Crippen LogP contribution >= 0.6 is 0 Å². The van der Waals surface area contributed by atoms with Gasteiger partial charge in [0, 0.05) is 18.8 Å². The Morgan fingerprint density at radius 2 is 1.90 bits per heavy atom. The summed E-state index contributed by atoms with van der Waals surface area (Å²) in [5.41, 5.74) is 1.68. The van der Waals surface area contributed by atoms with Crippen molar-refractivity contribution in [3.63, 3.8) is 0 Å². The molecule has 1 aliphatic rings. The van der Waals surface area contributed by atoms with Gasteiger partial charge in [-0.25, -0.2) is 0 Å². The van der Waals surface area contributed by atoms with E-state index in [9.17, 15) is 0 Å². The van der Waals surface area contributed by atoms with Gasteiger partial charge in [0.15, 0.2) is 0 Å². The fourth-order valence-electron chi connectivity index (χ4n) is 3.27. The second-order valence-electron chi connectivity index (χ2n) is 7.00. The molecular formula is C18H29NO2. The van der Waals surface area contributed by atoms with Crippen LogP contribution in [0.5, 0.6) is 5.75 Å². The van der Waals surface area contributed by atoms with E-state index in [1.165, 1.54) is 24.9 Å². The molecule has 0 radical (unpaired) electrons. The maximum absolute atomic E-state index is 5.59. The molecule has 2 unspecified atom stereocenters. The highest BCUT2D eigenvalue weighted by Gasteiger charge is 2.32. The molecule has 118 valence electrons. The van der Waals surface area contributed by atoms with Crippen molar-refractivity contribution >= 4 is 5.69 Å². The van der Waals surface area contributed by atoms with Crippen LogP contribution in [0.15, 0.2) is 24.3 Å². The standard InChI is InChI=1S/C18H29NO2/c1-14-13-18(2,3)10-9-17(14)19-15-5-7-16(8-6-15)21-12-11-20-4/h5-8,14,17,19H,9-13H2,1-4H3. The predicted octanol–water partition coefficient (Wildman–Crippen LogP) is 4.34. The minimum absolute atomic E-state index is 0.497. The zero-order valence-electron chi connectivity index (χ0n) is 13.8. The van der Waals surface area contributed by atoms with E-state index in [0.29, 0.717) is 30.6 Å². The molecule has 21 heavy (non-hydrogen) atoms. The molecule has 0 aromatic heterocycles. The van der Waals surface area contributed by atoms with Crippen molar-refractivity contribution in [3.8, 4) is 5.75 Å². The fraction of sp³-hybridized carbons (Fsp3) is 0.667. The smallest absolute Gasteiger partial charge is 0.119 e. The molecule has 1 fully saturated rings. The van der Waals surface area contributed by atoms with Crippen LogP contribution < -0.4 is 10.1 Å². The number of nitrogens with one attached hydrogen (secondary N) is 1. The molecule has 0 aliphatic heterocycles. The van der Waals surface area contributed by atoms with Gasteiger partial charge in [0.25, 0.3) is 0 Å². The highest BCUT2D eigenvalue weighted by atomic mass is 16.5. The zero-order chi connectivity index (χ0) is 15.3. The van der Waals surface area contributed by atoms with Gasteiger partial charge in [0.2, 0.25) is 0 Å². The summed E-state index contributed by atoms with van der Waals surface area (Å²) in [6.45, 7) is 8.34. The number of anilines is 1. The van der Waals surface area contributed by atoms with E-state index in [-0.39, 0.29) is 0 Å². The van der Waals surface area contributed by atoms with Crippen LogP contribution in [0.4, 0.5) is 5.69 Å². The van der Waals surface area contributed by atoms with E-state index >= 15 is 0 Å². The molecule has 2 rings (SSSR count). The van der Waals surface area contributed by atoms with E-state index in [2.05, 4.69) is 38.2 Å². The maximum Gasteiger partial charge on any atom is 0.119 e. The number of hydrogen-bond donors (Lipinski definition) is 1. The number of benzene rings is 1. The molecule has 3 heteroatoms. The van der Waals surface area contributed by atoms with Gasteiger partial charge in [0.1, 0.15) is 12.4 Å². The van der Waals surface area contributed by atoms with Crippen LogP contribution in [0.1, 0.15) is 40.0 Å². The zero-order valence-corrected chi connectivity index (χ0v) is 13.8. The van der Waals surface area contributed by atoms with Crippen molar-refractivity contribution < 1.29 is 9.47 Å². The van der Waals surface area contributed by atoms with Crippen molar-refractivity contribution in [2.45, 2.75) is 46.1 Å². The summed E-state index contributed by atoms with van der Waals surface area (Å²) in [6, 6.07) is 8.84. The average Bonchev–Trinajstić information content (AvgIpc) is 2.43. The minimum atomic E-state index is 0.497. The first-order valence-electron chi connectivity index (χ1n) is 7.98. The first kappa shape index (κ1) is 16.2. The van der Waals surface area contributed by atoms with Crippen molar-refractivity contribution in [2.24, 2.45) is 11.3 Å². The Morgan fingerprint density at radius 3 is 2.52 bits per heavy atom. The predicted molar refractivity (Wildman–Crippen MR) is 88.0 cm³/mol. The minimum Gasteiger partial charge on any atom is -0.491 e. The van der Waals surface area contributed by atoms with Gasteiger partial charge in [-0.3, -0.25) is 0 Å². The quantitative estimate of drug-likeness (QED) is 0.791. The lowest BCUT2D eigenvalue weighted by Gasteiger charge is -2.40. The second kappa shape index (κ2) is 7.17. The Labute approximate surface area is 129 Å². The highest BCUT2D eigenvalue weighted by molar-refractivity contribution is 5.47. The van der Waals surface area contributed by atoms with E-state index in [4.69, 9.17) is 9.47 Å². The van der Waals surface area contributed by atoms with Crippen molar-refractivity contribution in [1.82, 2.24) is 0 Å². The lowest BCUT2D eigenvalue weighted by molar-refractivity contribution is 0.146. The molecule has 0 spiro atoms. The number of methoxy groups -OCH3 is 1. The van der Waals surface area contributed by atoms with Crippen LogP contribution in [0.25, 0.3) is 0 Å². The lowest BCUT2D eigenvalue weighted by Crippen LogP contribution is -2.36. The summed E-state index contributed by atoms with van der Waals surface area (Å²) in [6.07, 6.45) is 3.84. The van der Waals surface area contributed by atoms with Crippen LogP contribution in [-0.2, 0) is 4.74 Å². The number of hydrogen-bond acceptors (Lipinski definition) is 3. The molecule has 1 aliphatic carbocycles. The van der Waals surface area contributed by atoms with Crippen molar-refractivity contribution in [1.29, 1.82) is 0 Å². The maximum atomic E-state index is 5.59. The van der Waals surface area contributed by atoms with E-state index < -0.39 is 0 Å². The Morgan fingerprint density at radius 1 is 1.19 bits per heavy atom. The van der Waals surface area contributed by atoms with E-state index in [1.54, 1.807) is 7.11 Å². The molecule has 0 saturated heterocycles. The number of ether oxygens (including phenoxy) is 2. The molecular weight excluding hydrogens is 262 g/mol. The Kier molecular flexibility index (Phi) is 5.51. The van der Waals surface area contributed by atoms with Gasteiger partial charge < -0.3 is 14.8 Å². The third kappa shape index (κ3) is 4.92. The molecule has 0 bridgehead atoms. The van der Waals surface area contributed by atoms with Gasteiger partial charge in [0.05, 0.1) is 6.61 Å². The molecule has 2 atom stereocenters. The third-order valence-corrected chi connectivity index (χ3v) is 4.46. The van der Waals surface area contributed by atoms with Crippen LogP contribution in [0, 0.1) is 11.3 Å². The summed E-state index contributed by atoms with van der Waals surface area (Å²) < 4.78 is 10.6. The SMILES string of the molecule is COCCOc1ccc(NC2CCC(C)(C)CC2C)cc1. The van der Waals surface area contributed by atoms with Gasteiger partial charge >= 0.3 is 0 Å². The van der Waals surface area contributed by atoms with E-state index in [1.807, 2.05) is 12.1 Å². The molecule has 3 nitrogen and oxygen atoms in total. The third-order valence-electron chi connectivity index (χ3n) is 4.46. The van der Waals surface area contributed by atoms with E-state index in [0.717, 1.165) is 5.75 Å². The van der Waals surface area contributed by atoms with Crippen LogP contribution in [-0.4, -0.2) is 26.4 Å². The Hall–Kier alpha value is -1.22. The average molecular weight is 291 g/mol. The summed E-state index contributed by atoms with van der Waals surface area (Å²) in [5, 5.41) is 3.68. The summed E-state index contributed by atoms with van der Waals surface area (Å²) in [7, 11) is 1.68. The molecule has 1 N–H and O–H groups in total. The summed E-state index contributed by atoms with van der Waals surface area (Å²) in [4.78, 5) is 0.